The maximum atomic E-state index is 2.45. The highest BCUT2D eigenvalue weighted by Gasteiger charge is 2.23. The molecule has 0 saturated carbocycles. The summed E-state index contributed by atoms with van der Waals surface area (Å²) in [6, 6.07) is 27.2. The molecule has 0 fully saturated rings. The van der Waals surface area contributed by atoms with Gasteiger partial charge >= 0.3 is 0 Å². The lowest BCUT2D eigenvalue weighted by Crippen LogP contribution is -1.86. The van der Waals surface area contributed by atoms with Crippen molar-refractivity contribution in [1.82, 2.24) is 0 Å². The van der Waals surface area contributed by atoms with Crippen LogP contribution in [0.25, 0.3) is 33.0 Å². The van der Waals surface area contributed by atoms with E-state index in [1.54, 1.807) is 0 Å². The summed E-state index contributed by atoms with van der Waals surface area (Å²) >= 11 is 0. The number of hydrogen-bond acceptors (Lipinski definition) is 0. The summed E-state index contributed by atoms with van der Waals surface area (Å²) in [6.07, 6.45) is 2.13. The Hall–Kier alpha value is -2.86. The first-order valence-electron chi connectivity index (χ1n) is 8.63. The Morgan fingerprint density at radius 3 is 2.08 bits per heavy atom. The Morgan fingerprint density at radius 1 is 0.500 bits per heavy atom. The molecule has 2 aliphatic carbocycles. The highest BCUT2D eigenvalue weighted by molar-refractivity contribution is 6.04. The highest BCUT2D eigenvalue weighted by atomic mass is 14.3. The standard InChI is InChI=1S/C24H16/c1-3-7-20-15(5-1)12-19-14-23-17(13-22(19)20)9-10-18-11-16-6-2-4-8-21(16)24(18)23/h1-10,13-14H,11-12H2. The van der Waals surface area contributed by atoms with Gasteiger partial charge in [-0.2, -0.15) is 0 Å². The topological polar surface area (TPSA) is 0 Å². The molecule has 0 N–H and O–H groups in total. The monoisotopic (exact) mass is 304 g/mol. The Morgan fingerprint density at radius 2 is 1.21 bits per heavy atom. The molecule has 0 aromatic heterocycles. The molecule has 0 heteroatoms. The number of benzene rings is 4. The predicted molar refractivity (Wildman–Crippen MR) is 100 cm³/mol. The molecule has 0 unspecified atom stereocenters. The molecule has 0 nitrogen and oxygen atoms in total. The molecular formula is C24H16. The first kappa shape index (κ1) is 12.5. The van der Waals surface area contributed by atoms with Crippen LogP contribution in [0.4, 0.5) is 0 Å². The van der Waals surface area contributed by atoms with E-state index in [2.05, 4.69) is 72.8 Å². The quantitative estimate of drug-likeness (QED) is 0.324. The second-order valence-corrected chi connectivity index (χ2v) is 7.00. The maximum Gasteiger partial charge on any atom is -0.00132 e. The van der Waals surface area contributed by atoms with Gasteiger partial charge in [0.15, 0.2) is 0 Å². The third-order valence-electron chi connectivity index (χ3n) is 5.69. The van der Waals surface area contributed by atoms with Gasteiger partial charge in [0.1, 0.15) is 0 Å². The van der Waals surface area contributed by atoms with Crippen molar-refractivity contribution in [2.24, 2.45) is 0 Å². The molecular weight excluding hydrogens is 288 g/mol. The van der Waals surface area contributed by atoms with Crippen molar-refractivity contribution in [3.63, 3.8) is 0 Å². The molecule has 4 aromatic rings. The van der Waals surface area contributed by atoms with Crippen LogP contribution in [0, 0.1) is 0 Å². The zero-order chi connectivity index (χ0) is 15.7. The molecule has 0 radical (unpaired) electrons. The van der Waals surface area contributed by atoms with Crippen LogP contribution in [0.15, 0.2) is 72.8 Å². The summed E-state index contributed by atoms with van der Waals surface area (Å²) in [5, 5.41) is 2.78. The van der Waals surface area contributed by atoms with Gasteiger partial charge in [0.25, 0.3) is 0 Å². The second kappa shape index (κ2) is 4.36. The summed E-state index contributed by atoms with van der Waals surface area (Å²) in [6.45, 7) is 0. The average molecular weight is 304 g/mol. The first-order chi connectivity index (χ1) is 11.9. The van der Waals surface area contributed by atoms with E-state index in [1.807, 2.05) is 0 Å². The summed E-state index contributed by atoms with van der Waals surface area (Å²) in [4.78, 5) is 0. The molecule has 2 aliphatic rings. The molecule has 112 valence electrons. The van der Waals surface area contributed by atoms with E-state index < -0.39 is 0 Å². The molecule has 4 aromatic carbocycles. The zero-order valence-electron chi connectivity index (χ0n) is 13.3. The van der Waals surface area contributed by atoms with Crippen LogP contribution in [0.1, 0.15) is 22.3 Å². The summed E-state index contributed by atoms with van der Waals surface area (Å²) in [7, 11) is 0. The SMILES string of the molecule is c1ccc2c(c1)Cc1cc3c4c(ccc3cc1-2)Cc1ccccc1-4. The zero-order valence-corrected chi connectivity index (χ0v) is 13.3. The number of hydrogen-bond donors (Lipinski definition) is 0. The average Bonchev–Trinajstić information content (AvgIpc) is 3.17. The van der Waals surface area contributed by atoms with E-state index in [0.29, 0.717) is 0 Å². The van der Waals surface area contributed by atoms with Crippen LogP contribution < -0.4 is 0 Å². The fraction of sp³-hybridized carbons (Fsp3) is 0.0833. The Balaban J connectivity index is 1.68. The van der Waals surface area contributed by atoms with Crippen LogP contribution >= 0.6 is 0 Å². The molecule has 0 spiro atoms. The Bertz CT molecular complexity index is 1150. The molecule has 0 bridgehead atoms. The maximum absolute atomic E-state index is 2.45. The number of fused-ring (bicyclic) bond motifs is 8. The van der Waals surface area contributed by atoms with Crippen molar-refractivity contribution in [1.29, 1.82) is 0 Å². The minimum absolute atomic E-state index is 1.06. The second-order valence-electron chi connectivity index (χ2n) is 7.00. The largest absolute Gasteiger partial charge is 0.0619 e. The van der Waals surface area contributed by atoms with Crippen molar-refractivity contribution < 1.29 is 0 Å². The third kappa shape index (κ3) is 1.53. The van der Waals surface area contributed by atoms with Crippen LogP contribution in [0.2, 0.25) is 0 Å². The minimum atomic E-state index is 1.06. The van der Waals surface area contributed by atoms with Crippen LogP contribution in [-0.4, -0.2) is 0 Å². The highest BCUT2D eigenvalue weighted by Crippen LogP contribution is 2.45. The van der Waals surface area contributed by atoms with Crippen molar-refractivity contribution in [3.05, 3.63) is 95.1 Å². The van der Waals surface area contributed by atoms with Gasteiger partial charge in [-0.3, -0.25) is 0 Å². The molecule has 24 heavy (non-hydrogen) atoms. The van der Waals surface area contributed by atoms with Crippen molar-refractivity contribution in [3.8, 4) is 22.3 Å². The fourth-order valence-corrected chi connectivity index (χ4v) is 4.59. The Kier molecular flexibility index (Phi) is 2.28. The molecule has 0 atom stereocenters. The smallest absolute Gasteiger partial charge is 0.00132 e. The van der Waals surface area contributed by atoms with Gasteiger partial charge in [0, 0.05) is 0 Å². The molecule has 6 rings (SSSR count). The normalized spacial score (nSPS) is 13.5. The lowest BCUT2D eigenvalue weighted by molar-refractivity contribution is 1.26. The minimum Gasteiger partial charge on any atom is -0.0619 e. The lowest BCUT2D eigenvalue weighted by atomic mass is 9.94. The van der Waals surface area contributed by atoms with Gasteiger partial charge in [0.05, 0.1) is 0 Å². The van der Waals surface area contributed by atoms with Gasteiger partial charge in [0.2, 0.25) is 0 Å². The van der Waals surface area contributed by atoms with E-state index in [-0.39, 0.29) is 0 Å². The van der Waals surface area contributed by atoms with E-state index in [0.717, 1.165) is 12.8 Å². The summed E-state index contributed by atoms with van der Waals surface area (Å²) < 4.78 is 0. The molecule has 0 amide bonds. The fourth-order valence-electron chi connectivity index (χ4n) is 4.59. The van der Waals surface area contributed by atoms with E-state index >= 15 is 0 Å². The number of rotatable bonds is 0. The molecule has 0 saturated heterocycles. The van der Waals surface area contributed by atoms with Crippen molar-refractivity contribution in [2.75, 3.05) is 0 Å². The van der Waals surface area contributed by atoms with Crippen molar-refractivity contribution in [2.45, 2.75) is 12.8 Å². The molecule has 0 aliphatic heterocycles. The lowest BCUT2D eigenvalue weighted by Gasteiger charge is -2.10. The van der Waals surface area contributed by atoms with E-state index in [1.165, 1.54) is 55.3 Å². The van der Waals surface area contributed by atoms with Crippen LogP contribution in [-0.2, 0) is 12.8 Å². The predicted octanol–water partition coefficient (Wildman–Crippen LogP) is 5.98. The van der Waals surface area contributed by atoms with Crippen LogP contribution in [0.3, 0.4) is 0 Å². The van der Waals surface area contributed by atoms with Gasteiger partial charge in [-0.1, -0.05) is 60.7 Å². The van der Waals surface area contributed by atoms with Gasteiger partial charge in [-0.25, -0.2) is 0 Å². The summed E-state index contributed by atoms with van der Waals surface area (Å²) in [5.41, 5.74) is 11.6. The third-order valence-corrected chi connectivity index (χ3v) is 5.69. The first-order valence-corrected chi connectivity index (χ1v) is 8.63. The summed E-state index contributed by atoms with van der Waals surface area (Å²) in [5.74, 6) is 0. The van der Waals surface area contributed by atoms with E-state index in [4.69, 9.17) is 0 Å². The van der Waals surface area contributed by atoms with Crippen LogP contribution in [0.5, 0.6) is 0 Å². The van der Waals surface area contributed by atoms with E-state index in [9.17, 15) is 0 Å². The van der Waals surface area contributed by atoms with Gasteiger partial charge in [-0.05, 0) is 80.3 Å². The van der Waals surface area contributed by atoms with Crippen molar-refractivity contribution >= 4 is 10.8 Å². The Labute approximate surface area is 141 Å². The van der Waals surface area contributed by atoms with Gasteiger partial charge in [-0.15, -0.1) is 0 Å². The molecule has 0 heterocycles. The van der Waals surface area contributed by atoms with Gasteiger partial charge < -0.3 is 0 Å².